The van der Waals surface area contributed by atoms with E-state index in [1.807, 2.05) is 0 Å². The topological polar surface area (TPSA) is 66.5 Å². The molecule has 1 amide bonds. The summed E-state index contributed by atoms with van der Waals surface area (Å²) >= 11 is 17.9. The van der Waals surface area contributed by atoms with Crippen LogP contribution < -0.4 is 5.32 Å². The first kappa shape index (κ1) is 25.5. The van der Waals surface area contributed by atoms with Gasteiger partial charge in [0.05, 0.1) is 17.5 Å². The van der Waals surface area contributed by atoms with Gasteiger partial charge in [0, 0.05) is 27.2 Å². The lowest BCUT2D eigenvalue weighted by atomic mass is 10.1. The minimum atomic E-state index is -4.18. The lowest BCUT2D eigenvalue weighted by Crippen LogP contribution is -2.41. The van der Waals surface area contributed by atoms with Crippen LogP contribution in [0.5, 0.6) is 0 Å². The summed E-state index contributed by atoms with van der Waals surface area (Å²) in [5.74, 6) is -1.24. The van der Waals surface area contributed by atoms with Gasteiger partial charge in [-0.1, -0.05) is 53.0 Å². The first-order valence-electron chi connectivity index (χ1n) is 9.81. The molecule has 10 heteroatoms. The molecule has 0 aliphatic rings. The van der Waals surface area contributed by atoms with E-state index in [4.69, 9.17) is 34.8 Å². The fourth-order valence-corrected chi connectivity index (χ4v) is 4.96. The average molecular weight is 530 g/mol. The van der Waals surface area contributed by atoms with E-state index >= 15 is 0 Å². The van der Waals surface area contributed by atoms with Crippen LogP contribution in [0.1, 0.15) is 24.1 Å². The van der Waals surface area contributed by atoms with Crippen molar-refractivity contribution in [2.24, 2.45) is 0 Å². The largest absolute Gasteiger partial charge is 0.348 e. The fraction of sp³-hybridized carbons (Fsp3) is 0.174. The van der Waals surface area contributed by atoms with Gasteiger partial charge in [0.15, 0.2) is 0 Å². The number of amides is 1. The number of rotatable bonds is 8. The molecule has 0 saturated carbocycles. The standard InChI is InChI=1S/C23H20Cl3FN2O3S/c1-15(16-5-7-17(24)8-6-16)28-23(30)14-29(13-20-21(26)3-2-4-22(20)27)33(31,32)19-11-9-18(25)10-12-19/h2-12,15H,13-14H2,1H3,(H,28,30)/t15-/m1/s1. The van der Waals surface area contributed by atoms with Crippen molar-refractivity contribution in [3.8, 4) is 0 Å². The van der Waals surface area contributed by atoms with E-state index in [-0.39, 0.29) is 15.5 Å². The summed E-state index contributed by atoms with van der Waals surface area (Å²) in [4.78, 5) is 12.7. The molecule has 1 N–H and O–H groups in total. The second-order valence-electron chi connectivity index (χ2n) is 7.27. The SMILES string of the molecule is C[C@@H](NC(=O)CN(Cc1c(F)cccc1Cl)S(=O)(=O)c1ccc(Cl)cc1)c1ccc(Cl)cc1. The van der Waals surface area contributed by atoms with Crippen molar-refractivity contribution in [2.45, 2.75) is 24.4 Å². The number of hydrogen-bond donors (Lipinski definition) is 1. The Kier molecular flexibility index (Phi) is 8.37. The molecule has 0 radical (unpaired) electrons. The number of nitrogens with zero attached hydrogens (tertiary/aromatic N) is 1. The van der Waals surface area contributed by atoms with Crippen LogP contribution in [0.3, 0.4) is 0 Å². The number of halogens is 4. The van der Waals surface area contributed by atoms with E-state index < -0.39 is 40.9 Å². The van der Waals surface area contributed by atoms with Gasteiger partial charge in [-0.2, -0.15) is 4.31 Å². The Labute approximate surface area is 207 Å². The van der Waals surface area contributed by atoms with Gasteiger partial charge in [-0.25, -0.2) is 12.8 Å². The molecule has 3 aromatic carbocycles. The van der Waals surface area contributed by atoms with Crippen LogP contribution in [0.4, 0.5) is 4.39 Å². The zero-order valence-electron chi connectivity index (χ0n) is 17.4. The number of carbonyl (C=O) groups is 1. The fourth-order valence-electron chi connectivity index (χ4n) is 3.12. The van der Waals surface area contributed by atoms with E-state index in [9.17, 15) is 17.6 Å². The molecule has 0 aromatic heterocycles. The first-order chi connectivity index (χ1) is 15.6. The summed E-state index contributed by atoms with van der Waals surface area (Å²) in [5, 5.41) is 3.72. The van der Waals surface area contributed by atoms with E-state index in [0.29, 0.717) is 10.0 Å². The summed E-state index contributed by atoms with van der Waals surface area (Å²) in [7, 11) is -4.18. The minimum absolute atomic E-state index is 0.0322. The molecule has 0 bridgehead atoms. The molecule has 0 aliphatic carbocycles. The first-order valence-corrected chi connectivity index (χ1v) is 12.4. The van der Waals surface area contributed by atoms with Gasteiger partial charge in [-0.3, -0.25) is 4.79 Å². The third-order valence-electron chi connectivity index (χ3n) is 4.92. The van der Waals surface area contributed by atoms with Crippen LogP contribution in [0.2, 0.25) is 15.1 Å². The Balaban J connectivity index is 1.88. The summed E-state index contributed by atoms with van der Waals surface area (Å²) in [6.07, 6.45) is 0. The molecular weight excluding hydrogens is 510 g/mol. The van der Waals surface area contributed by atoms with Crippen LogP contribution in [0.25, 0.3) is 0 Å². The zero-order valence-corrected chi connectivity index (χ0v) is 20.5. The number of carbonyl (C=O) groups excluding carboxylic acids is 1. The number of hydrogen-bond acceptors (Lipinski definition) is 3. The van der Waals surface area contributed by atoms with Crippen molar-refractivity contribution in [1.29, 1.82) is 0 Å². The Morgan fingerprint density at radius 1 is 0.970 bits per heavy atom. The van der Waals surface area contributed by atoms with Crippen molar-refractivity contribution in [3.05, 3.63) is 98.7 Å². The monoisotopic (exact) mass is 528 g/mol. The van der Waals surface area contributed by atoms with E-state index in [1.165, 1.54) is 42.5 Å². The average Bonchev–Trinajstić information content (AvgIpc) is 2.76. The third kappa shape index (κ3) is 6.46. The normalized spacial score (nSPS) is 12.5. The summed E-state index contributed by atoms with van der Waals surface area (Å²) in [6, 6.07) is 16.0. The highest BCUT2D eigenvalue weighted by Gasteiger charge is 2.29. The third-order valence-corrected chi connectivity index (χ3v) is 7.58. The van der Waals surface area contributed by atoms with Crippen molar-refractivity contribution >= 4 is 50.7 Å². The molecule has 5 nitrogen and oxygen atoms in total. The van der Waals surface area contributed by atoms with Crippen molar-refractivity contribution < 1.29 is 17.6 Å². The summed E-state index contributed by atoms with van der Waals surface area (Å²) in [6.45, 7) is 0.777. The molecule has 0 unspecified atom stereocenters. The Morgan fingerprint density at radius 3 is 2.12 bits per heavy atom. The van der Waals surface area contributed by atoms with Crippen LogP contribution >= 0.6 is 34.8 Å². The molecule has 33 heavy (non-hydrogen) atoms. The predicted molar refractivity (Wildman–Crippen MR) is 128 cm³/mol. The van der Waals surface area contributed by atoms with Crippen LogP contribution in [0, 0.1) is 5.82 Å². The predicted octanol–water partition coefficient (Wildman–Crippen LogP) is 5.85. The highest BCUT2D eigenvalue weighted by Crippen LogP contribution is 2.25. The van der Waals surface area contributed by atoms with Crippen molar-refractivity contribution in [1.82, 2.24) is 9.62 Å². The van der Waals surface area contributed by atoms with Gasteiger partial charge in [-0.15, -0.1) is 0 Å². The molecule has 3 rings (SSSR count). The van der Waals surface area contributed by atoms with Gasteiger partial charge in [0.1, 0.15) is 5.82 Å². The maximum absolute atomic E-state index is 14.4. The maximum atomic E-state index is 14.4. The molecule has 1 atom stereocenters. The number of nitrogens with one attached hydrogen (secondary N) is 1. The Morgan fingerprint density at radius 2 is 1.55 bits per heavy atom. The highest BCUT2D eigenvalue weighted by molar-refractivity contribution is 7.89. The molecule has 0 spiro atoms. The second-order valence-corrected chi connectivity index (χ2v) is 10.5. The van der Waals surface area contributed by atoms with Crippen LogP contribution in [-0.4, -0.2) is 25.2 Å². The van der Waals surface area contributed by atoms with Crippen LogP contribution in [-0.2, 0) is 21.4 Å². The van der Waals surface area contributed by atoms with E-state index in [1.54, 1.807) is 31.2 Å². The van der Waals surface area contributed by atoms with Crippen molar-refractivity contribution in [3.63, 3.8) is 0 Å². The lowest BCUT2D eigenvalue weighted by molar-refractivity contribution is -0.122. The maximum Gasteiger partial charge on any atom is 0.243 e. The summed E-state index contributed by atoms with van der Waals surface area (Å²) in [5.41, 5.74) is 0.757. The Bertz CT molecular complexity index is 1220. The molecule has 0 aliphatic heterocycles. The van der Waals surface area contributed by atoms with Gasteiger partial charge in [0.25, 0.3) is 0 Å². The van der Waals surface area contributed by atoms with E-state index in [0.717, 1.165) is 9.87 Å². The molecule has 0 saturated heterocycles. The molecule has 3 aromatic rings. The molecular formula is C23H20Cl3FN2O3S. The van der Waals surface area contributed by atoms with E-state index in [2.05, 4.69) is 5.32 Å². The quantitative estimate of drug-likeness (QED) is 0.398. The number of sulfonamides is 1. The van der Waals surface area contributed by atoms with Gasteiger partial charge >= 0.3 is 0 Å². The van der Waals surface area contributed by atoms with Gasteiger partial charge in [-0.05, 0) is 61.0 Å². The van der Waals surface area contributed by atoms with Crippen molar-refractivity contribution in [2.75, 3.05) is 6.54 Å². The molecule has 174 valence electrons. The zero-order chi connectivity index (χ0) is 24.2. The van der Waals surface area contributed by atoms with Gasteiger partial charge in [0.2, 0.25) is 15.9 Å². The second kappa shape index (κ2) is 10.8. The lowest BCUT2D eigenvalue weighted by Gasteiger charge is -2.24. The van der Waals surface area contributed by atoms with Crippen LogP contribution in [0.15, 0.2) is 71.6 Å². The summed E-state index contributed by atoms with van der Waals surface area (Å²) < 4.78 is 41.9. The minimum Gasteiger partial charge on any atom is -0.348 e. The Hall–Kier alpha value is -2.16. The molecule has 0 heterocycles. The number of benzene rings is 3. The molecule has 0 fully saturated rings. The highest BCUT2D eigenvalue weighted by atomic mass is 35.5. The van der Waals surface area contributed by atoms with Gasteiger partial charge < -0.3 is 5.32 Å². The smallest absolute Gasteiger partial charge is 0.243 e.